The summed E-state index contributed by atoms with van der Waals surface area (Å²) in [6.07, 6.45) is 0. The van der Waals surface area contributed by atoms with E-state index >= 15 is 0 Å². The molecule has 0 saturated carbocycles. The number of fused-ring (bicyclic) bond motifs is 1. The SMILES string of the molecule is Cc1c(N)cc2nc(-c3ccccc3F)oc2c1C. The molecule has 3 nitrogen and oxygen atoms in total. The summed E-state index contributed by atoms with van der Waals surface area (Å²) in [5.74, 6) is -0.0717. The van der Waals surface area contributed by atoms with Crippen molar-refractivity contribution in [2.24, 2.45) is 0 Å². The number of halogens is 1. The molecule has 0 atom stereocenters. The molecule has 0 radical (unpaired) electrons. The molecule has 1 aromatic heterocycles. The van der Waals surface area contributed by atoms with E-state index in [1.165, 1.54) is 6.07 Å². The van der Waals surface area contributed by atoms with Crippen molar-refractivity contribution < 1.29 is 8.81 Å². The molecule has 2 aromatic carbocycles. The van der Waals surface area contributed by atoms with Gasteiger partial charge in [0.25, 0.3) is 0 Å². The largest absolute Gasteiger partial charge is 0.436 e. The first-order valence-electron chi connectivity index (χ1n) is 5.99. The maximum atomic E-state index is 13.7. The van der Waals surface area contributed by atoms with Gasteiger partial charge in [-0.2, -0.15) is 0 Å². The Morgan fingerprint density at radius 1 is 1.16 bits per heavy atom. The van der Waals surface area contributed by atoms with Gasteiger partial charge in [0, 0.05) is 5.69 Å². The van der Waals surface area contributed by atoms with Crippen LogP contribution in [0.15, 0.2) is 34.7 Å². The summed E-state index contributed by atoms with van der Waals surface area (Å²) in [4.78, 5) is 4.32. The Balaban J connectivity index is 2.29. The molecule has 0 spiro atoms. The molecule has 0 unspecified atom stereocenters. The van der Waals surface area contributed by atoms with Crippen molar-refractivity contribution in [2.75, 3.05) is 5.73 Å². The average molecular weight is 256 g/mol. The Bertz CT molecular complexity index is 777. The lowest BCUT2D eigenvalue weighted by atomic mass is 10.1. The summed E-state index contributed by atoms with van der Waals surface area (Å²) in [6, 6.07) is 8.17. The number of hydrogen-bond donors (Lipinski definition) is 1. The van der Waals surface area contributed by atoms with Crippen molar-refractivity contribution in [1.82, 2.24) is 4.98 Å². The number of rotatable bonds is 1. The summed E-state index contributed by atoms with van der Waals surface area (Å²) in [5.41, 5.74) is 10.1. The first-order chi connectivity index (χ1) is 9.08. The fraction of sp³-hybridized carbons (Fsp3) is 0.133. The lowest BCUT2D eigenvalue weighted by Gasteiger charge is -2.02. The Labute approximate surface area is 109 Å². The van der Waals surface area contributed by atoms with Gasteiger partial charge in [-0.3, -0.25) is 0 Å². The third kappa shape index (κ3) is 1.76. The molecule has 96 valence electrons. The van der Waals surface area contributed by atoms with Gasteiger partial charge < -0.3 is 10.2 Å². The second kappa shape index (κ2) is 4.09. The molecule has 0 fully saturated rings. The van der Waals surface area contributed by atoms with E-state index in [0.29, 0.717) is 22.4 Å². The van der Waals surface area contributed by atoms with Crippen molar-refractivity contribution in [3.05, 3.63) is 47.3 Å². The fourth-order valence-corrected chi connectivity index (χ4v) is 2.09. The van der Waals surface area contributed by atoms with Crippen LogP contribution >= 0.6 is 0 Å². The molecule has 0 amide bonds. The zero-order valence-electron chi connectivity index (χ0n) is 10.7. The van der Waals surface area contributed by atoms with Gasteiger partial charge in [0.15, 0.2) is 5.58 Å². The Hall–Kier alpha value is -2.36. The Morgan fingerprint density at radius 3 is 2.63 bits per heavy atom. The van der Waals surface area contributed by atoms with Crippen molar-refractivity contribution >= 4 is 16.8 Å². The van der Waals surface area contributed by atoms with Gasteiger partial charge >= 0.3 is 0 Å². The van der Waals surface area contributed by atoms with Crippen LogP contribution in [0.5, 0.6) is 0 Å². The molecule has 0 saturated heterocycles. The lowest BCUT2D eigenvalue weighted by molar-refractivity contribution is 0.592. The van der Waals surface area contributed by atoms with E-state index in [1.807, 2.05) is 13.8 Å². The van der Waals surface area contributed by atoms with Crippen LogP contribution < -0.4 is 5.73 Å². The average Bonchev–Trinajstić information content (AvgIpc) is 2.80. The normalized spacial score (nSPS) is 11.1. The van der Waals surface area contributed by atoms with Gasteiger partial charge in [0.1, 0.15) is 11.3 Å². The number of oxazole rings is 1. The molecule has 3 rings (SSSR count). The molecule has 1 heterocycles. The van der Waals surface area contributed by atoms with E-state index in [0.717, 1.165) is 11.1 Å². The maximum Gasteiger partial charge on any atom is 0.230 e. The molecule has 4 heteroatoms. The molecular formula is C15H13FN2O. The first kappa shape index (κ1) is 11.7. The summed E-state index contributed by atoms with van der Waals surface area (Å²) >= 11 is 0. The van der Waals surface area contributed by atoms with Crippen molar-refractivity contribution in [2.45, 2.75) is 13.8 Å². The quantitative estimate of drug-likeness (QED) is 0.673. The van der Waals surface area contributed by atoms with Gasteiger partial charge in [-0.05, 0) is 43.2 Å². The third-order valence-electron chi connectivity index (χ3n) is 3.39. The highest BCUT2D eigenvalue weighted by molar-refractivity contribution is 5.84. The highest BCUT2D eigenvalue weighted by Crippen LogP contribution is 2.31. The Kier molecular flexibility index (Phi) is 2.52. The molecule has 2 N–H and O–H groups in total. The maximum absolute atomic E-state index is 13.7. The second-order valence-electron chi connectivity index (χ2n) is 4.56. The number of aromatic nitrogens is 1. The van der Waals surface area contributed by atoms with E-state index in [4.69, 9.17) is 10.2 Å². The van der Waals surface area contributed by atoms with Crippen molar-refractivity contribution in [3.8, 4) is 11.5 Å². The number of nitrogens with zero attached hydrogens (tertiary/aromatic N) is 1. The second-order valence-corrected chi connectivity index (χ2v) is 4.56. The van der Waals surface area contributed by atoms with E-state index in [9.17, 15) is 4.39 Å². The monoisotopic (exact) mass is 256 g/mol. The van der Waals surface area contributed by atoms with Gasteiger partial charge in [-0.15, -0.1) is 0 Å². The predicted octanol–water partition coefficient (Wildman–Crippen LogP) is 3.83. The number of nitrogen functional groups attached to an aromatic ring is 1. The van der Waals surface area contributed by atoms with Crippen LogP contribution in [0, 0.1) is 19.7 Å². The first-order valence-corrected chi connectivity index (χ1v) is 5.99. The summed E-state index contributed by atoms with van der Waals surface area (Å²) in [6.45, 7) is 3.85. The highest BCUT2D eigenvalue weighted by Gasteiger charge is 2.15. The fourth-order valence-electron chi connectivity index (χ4n) is 2.09. The highest BCUT2D eigenvalue weighted by atomic mass is 19.1. The molecule has 0 aliphatic carbocycles. The zero-order valence-corrected chi connectivity index (χ0v) is 10.7. The molecule has 0 aliphatic heterocycles. The smallest absolute Gasteiger partial charge is 0.230 e. The summed E-state index contributed by atoms with van der Waals surface area (Å²) in [5, 5.41) is 0. The van der Waals surface area contributed by atoms with E-state index in [2.05, 4.69) is 4.98 Å². The number of benzene rings is 2. The zero-order chi connectivity index (χ0) is 13.6. The minimum absolute atomic E-state index is 0.279. The van der Waals surface area contributed by atoms with Crippen LogP contribution in [-0.2, 0) is 0 Å². The van der Waals surface area contributed by atoms with Crippen LogP contribution in [0.1, 0.15) is 11.1 Å². The van der Waals surface area contributed by atoms with Crippen molar-refractivity contribution in [1.29, 1.82) is 0 Å². The van der Waals surface area contributed by atoms with Gasteiger partial charge in [0.2, 0.25) is 5.89 Å². The number of nitrogens with two attached hydrogens (primary N) is 1. The van der Waals surface area contributed by atoms with E-state index < -0.39 is 0 Å². The molecule has 0 bridgehead atoms. The van der Waals surface area contributed by atoms with Crippen LogP contribution in [0.3, 0.4) is 0 Å². The van der Waals surface area contributed by atoms with Crippen LogP contribution in [0.4, 0.5) is 10.1 Å². The topological polar surface area (TPSA) is 52.0 Å². The number of hydrogen-bond acceptors (Lipinski definition) is 3. The lowest BCUT2D eigenvalue weighted by Crippen LogP contribution is -1.92. The minimum Gasteiger partial charge on any atom is -0.436 e. The van der Waals surface area contributed by atoms with Crippen molar-refractivity contribution in [3.63, 3.8) is 0 Å². The number of anilines is 1. The number of aryl methyl sites for hydroxylation is 1. The minimum atomic E-state index is -0.351. The van der Waals surface area contributed by atoms with Crippen LogP contribution in [0.25, 0.3) is 22.6 Å². The van der Waals surface area contributed by atoms with Crippen LogP contribution in [0.2, 0.25) is 0 Å². The van der Waals surface area contributed by atoms with Gasteiger partial charge in [-0.1, -0.05) is 12.1 Å². The molecule has 19 heavy (non-hydrogen) atoms. The Morgan fingerprint density at radius 2 is 1.89 bits per heavy atom. The van der Waals surface area contributed by atoms with Crippen LogP contribution in [-0.4, -0.2) is 4.98 Å². The van der Waals surface area contributed by atoms with Gasteiger partial charge in [-0.25, -0.2) is 9.37 Å². The predicted molar refractivity (Wildman–Crippen MR) is 73.3 cm³/mol. The summed E-state index contributed by atoms with van der Waals surface area (Å²) < 4.78 is 19.4. The third-order valence-corrected chi connectivity index (χ3v) is 3.39. The molecular weight excluding hydrogens is 243 g/mol. The molecule has 3 aromatic rings. The van der Waals surface area contributed by atoms with E-state index in [1.54, 1.807) is 24.3 Å². The summed E-state index contributed by atoms with van der Waals surface area (Å²) in [7, 11) is 0. The van der Waals surface area contributed by atoms with E-state index in [-0.39, 0.29) is 11.7 Å². The van der Waals surface area contributed by atoms with Gasteiger partial charge in [0.05, 0.1) is 5.56 Å². The molecule has 0 aliphatic rings. The standard InChI is InChI=1S/C15H13FN2O/c1-8-9(2)14-13(7-12(8)17)18-15(19-14)10-5-3-4-6-11(10)16/h3-7H,17H2,1-2H3.